The monoisotopic (exact) mass is 334 g/mol. The van der Waals surface area contributed by atoms with Crippen LogP contribution in [0, 0.1) is 5.92 Å². The van der Waals surface area contributed by atoms with Gasteiger partial charge in [0.2, 0.25) is 0 Å². The van der Waals surface area contributed by atoms with Gasteiger partial charge in [0.1, 0.15) is 12.4 Å². The van der Waals surface area contributed by atoms with Crippen LogP contribution in [-0.2, 0) is 25.6 Å². The molecule has 134 valence electrons. The van der Waals surface area contributed by atoms with Crippen LogP contribution in [0.5, 0.6) is 0 Å². The Morgan fingerprint density at radius 2 is 1.83 bits per heavy atom. The Balaban J connectivity index is 1.62. The minimum Gasteiger partial charge on any atom is -0.459 e. The Hall–Kier alpha value is -1.39. The predicted octanol–water partition coefficient (Wildman–Crippen LogP) is 4.47. The van der Waals surface area contributed by atoms with Crippen LogP contribution in [0.25, 0.3) is 0 Å². The highest BCUT2D eigenvalue weighted by Crippen LogP contribution is 2.33. The van der Waals surface area contributed by atoms with E-state index in [0.29, 0.717) is 13.0 Å². The fourth-order valence-electron chi connectivity index (χ4n) is 3.02. The van der Waals surface area contributed by atoms with Crippen LogP contribution >= 0.6 is 0 Å². The lowest BCUT2D eigenvalue weighted by molar-refractivity contribution is -0.161. The minimum atomic E-state index is -0.250. The Bertz CT molecular complexity index is 494. The van der Waals surface area contributed by atoms with Gasteiger partial charge in [-0.2, -0.15) is 0 Å². The van der Waals surface area contributed by atoms with E-state index in [1.165, 1.54) is 0 Å². The summed E-state index contributed by atoms with van der Waals surface area (Å²) in [6.45, 7) is 6.79. The maximum absolute atomic E-state index is 12.1. The van der Waals surface area contributed by atoms with Gasteiger partial charge in [-0.25, -0.2) is 0 Å². The first-order valence-corrected chi connectivity index (χ1v) is 8.94. The molecule has 24 heavy (non-hydrogen) atoms. The number of carbonyl (C=O) groups is 1. The Morgan fingerprint density at radius 3 is 2.50 bits per heavy atom. The summed E-state index contributed by atoms with van der Waals surface area (Å²) >= 11 is 0. The van der Waals surface area contributed by atoms with Gasteiger partial charge in [-0.05, 0) is 51.0 Å². The van der Waals surface area contributed by atoms with E-state index >= 15 is 0 Å². The van der Waals surface area contributed by atoms with Gasteiger partial charge in [0.15, 0.2) is 0 Å². The van der Waals surface area contributed by atoms with Gasteiger partial charge in [-0.3, -0.25) is 4.79 Å². The van der Waals surface area contributed by atoms with Crippen molar-refractivity contribution in [1.82, 2.24) is 0 Å². The van der Waals surface area contributed by atoms with Crippen molar-refractivity contribution in [3.63, 3.8) is 0 Å². The molecule has 1 aliphatic carbocycles. The van der Waals surface area contributed by atoms with Crippen molar-refractivity contribution in [3.8, 4) is 0 Å². The highest BCUT2D eigenvalue weighted by Gasteiger charge is 2.33. The first kappa shape index (κ1) is 18.9. The van der Waals surface area contributed by atoms with Crippen LogP contribution in [0.2, 0.25) is 0 Å². The number of esters is 1. The topological polar surface area (TPSA) is 44.8 Å². The molecule has 4 heteroatoms. The average Bonchev–Trinajstić information content (AvgIpc) is 2.98. The average molecular weight is 334 g/mol. The number of rotatable bonds is 9. The molecule has 0 aromatic heterocycles. The quantitative estimate of drug-likeness (QED) is 0.380. The third-order valence-corrected chi connectivity index (χ3v) is 4.84. The van der Waals surface area contributed by atoms with Gasteiger partial charge in [0.25, 0.3) is 0 Å². The van der Waals surface area contributed by atoms with Crippen molar-refractivity contribution in [2.75, 3.05) is 6.79 Å². The maximum Gasteiger partial charge on any atom is 0.306 e. The summed E-state index contributed by atoms with van der Waals surface area (Å²) in [7, 11) is 0. The number of hydrogen-bond donors (Lipinski definition) is 0. The Kier molecular flexibility index (Phi) is 7.25. The molecule has 1 aromatic rings. The molecule has 0 bridgehead atoms. The van der Waals surface area contributed by atoms with E-state index in [2.05, 4.69) is 0 Å². The molecule has 0 N–H and O–H groups in total. The third-order valence-electron chi connectivity index (χ3n) is 4.84. The van der Waals surface area contributed by atoms with Gasteiger partial charge in [-0.1, -0.05) is 37.3 Å². The van der Waals surface area contributed by atoms with Gasteiger partial charge >= 0.3 is 5.97 Å². The fraction of sp³-hybridized carbons (Fsp3) is 0.650. The number of benzene rings is 1. The first-order valence-electron chi connectivity index (χ1n) is 8.94. The predicted molar refractivity (Wildman–Crippen MR) is 93.4 cm³/mol. The molecule has 0 saturated heterocycles. The van der Waals surface area contributed by atoms with Crippen LogP contribution in [-0.4, -0.2) is 24.5 Å². The molecule has 1 aromatic carbocycles. The van der Waals surface area contributed by atoms with E-state index in [4.69, 9.17) is 14.2 Å². The van der Waals surface area contributed by atoms with E-state index < -0.39 is 0 Å². The lowest BCUT2D eigenvalue weighted by Crippen LogP contribution is -2.30. The molecule has 0 unspecified atom stereocenters. The van der Waals surface area contributed by atoms with Crippen LogP contribution in [0.15, 0.2) is 30.3 Å². The summed E-state index contributed by atoms with van der Waals surface area (Å²) < 4.78 is 16.9. The van der Waals surface area contributed by atoms with Crippen molar-refractivity contribution in [1.29, 1.82) is 0 Å². The largest absolute Gasteiger partial charge is 0.459 e. The summed E-state index contributed by atoms with van der Waals surface area (Å²) in [5.41, 5.74) is 0.870. The molecule has 1 fully saturated rings. The molecule has 1 saturated carbocycles. The van der Waals surface area contributed by atoms with Crippen molar-refractivity contribution in [2.24, 2.45) is 5.92 Å². The molecule has 4 nitrogen and oxygen atoms in total. The zero-order valence-corrected chi connectivity index (χ0v) is 15.1. The minimum absolute atomic E-state index is 0.0512. The first-order chi connectivity index (χ1) is 11.5. The zero-order valence-electron chi connectivity index (χ0n) is 15.1. The number of ether oxygens (including phenoxy) is 3. The standard InChI is InChI=1S/C20H30O4/c1-16(13-19(21)24-20(3)11-7-8-12-20)17(2)23-15-22-14-18-9-5-4-6-10-18/h4-6,9-10,16-17H,7-8,11-15H2,1-3H3/t16-,17+/m1/s1. The van der Waals surface area contributed by atoms with Crippen LogP contribution in [0.4, 0.5) is 0 Å². The second kappa shape index (κ2) is 9.19. The molecule has 2 atom stereocenters. The van der Waals surface area contributed by atoms with Crippen LogP contribution < -0.4 is 0 Å². The second-order valence-electron chi connectivity index (χ2n) is 7.14. The summed E-state index contributed by atoms with van der Waals surface area (Å²) in [6.07, 6.45) is 4.59. The number of hydrogen-bond acceptors (Lipinski definition) is 4. The molecular formula is C20H30O4. The fourth-order valence-corrected chi connectivity index (χ4v) is 3.02. The van der Waals surface area contributed by atoms with Gasteiger partial charge in [0.05, 0.1) is 19.1 Å². The van der Waals surface area contributed by atoms with Crippen molar-refractivity contribution in [2.45, 2.75) is 71.2 Å². The van der Waals surface area contributed by atoms with Crippen molar-refractivity contribution < 1.29 is 19.0 Å². The van der Waals surface area contributed by atoms with Gasteiger partial charge in [-0.15, -0.1) is 0 Å². The van der Waals surface area contributed by atoms with Crippen LogP contribution in [0.1, 0.15) is 58.4 Å². The molecule has 2 rings (SSSR count). The van der Waals surface area contributed by atoms with E-state index in [0.717, 1.165) is 31.2 Å². The molecule has 0 aliphatic heterocycles. The van der Waals surface area contributed by atoms with E-state index in [1.807, 2.05) is 51.1 Å². The molecule has 0 heterocycles. The Morgan fingerprint density at radius 1 is 1.17 bits per heavy atom. The highest BCUT2D eigenvalue weighted by molar-refractivity contribution is 5.70. The lowest BCUT2D eigenvalue weighted by Gasteiger charge is -2.26. The van der Waals surface area contributed by atoms with Gasteiger partial charge < -0.3 is 14.2 Å². The zero-order chi connectivity index (χ0) is 17.4. The lowest BCUT2D eigenvalue weighted by atomic mass is 10.0. The summed E-state index contributed by atoms with van der Waals surface area (Å²) in [5, 5.41) is 0. The van der Waals surface area contributed by atoms with Crippen LogP contribution in [0.3, 0.4) is 0 Å². The summed E-state index contributed by atoms with van der Waals surface area (Å²) in [5.74, 6) is -0.0182. The van der Waals surface area contributed by atoms with Crippen molar-refractivity contribution in [3.05, 3.63) is 35.9 Å². The smallest absolute Gasteiger partial charge is 0.306 e. The second-order valence-corrected chi connectivity index (χ2v) is 7.14. The molecule has 1 aliphatic rings. The van der Waals surface area contributed by atoms with Crippen molar-refractivity contribution >= 4 is 5.97 Å². The van der Waals surface area contributed by atoms with E-state index in [9.17, 15) is 4.79 Å². The van der Waals surface area contributed by atoms with E-state index in [1.54, 1.807) is 0 Å². The maximum atomic E-state index is 12.1. The number of carbonyl (C=O) groups excluding carboxylic acids is 1. The summed E-state index contributed by atoms with van der Waals surface area (Å²) in [6, 6.07) is 9.99. The molecule has 0 radical (unpaired) electrons. The molecule has 0 spiro atoms. The SMILES string of the molecule is C[C@H](CC(=O)OC1(C)CCCC1)[C@H](C)OCOCc1ccccc1. The highest BCUT2D eigenvalue weighted by atomic mass is 16.7. The molecule has 0 amide bonds. The third kappa shape index (κ3) is 6.25. The van der Waals surface area contributed by atoms with E-state index in [-0.39, 0.29) is 30.4 Å². The Labute approximate surface area is 145 Å². The normalized spacial score (nSPS) is 19.0. The van der Waals surface area contributed by atoms with Gasteiger partial charge in [0, 0.05) is 0 Å². The summed E-state index contributed by atoms with van der Waals surface area (Å²) in [4.78, 5) is 12.1. The molecular weight excluding hydrogens is 304 g/mol.